The summed E-state index contributed by atoms with van der Waals surface area (Å²) in [5.74, 6) is 1.13. The molecule has 9 nitrogen and oxygen atoms in total. The Labute approximate surface area is 183 Å². The van der Waals surface area contributed by atoms with Crippen LogP contribution < -0.4 is 10.2 Å². The molecular formula is C18H29Cl2N7O2. The van der Waals surface area contributed by atoms with Crippen molar-refractivity contribution in [3.63, 3.8) is 0 Å². The fourth-order valence-corrected chi connectivity index (χ4v) is 4.26. The quantitative estimate of drug-likeness (QED) is 0.746. The van der Waals surface area contributed by atoms with E-state index >= 15 is 0 Å². The smallest absolute Gasteiger partial charge is 0.231 e. The van der Waals surface area contributed by atoms with Crippen molar-refractivity contribution in [3.05, 3.63) is 12.5 Å². The highest BCUT2D eigenvalue weighted by Crippen LogP contribution is 2.32. The molecule has 2 aliphatic rings. The molecule has 0 saturated carbocycles. The van der Waals surface area contributed by atoms with Gasteiger partial charge in [-0.25, -0.2) is 9.97 Å². The largest absolute Gasteiger partial charge is 0.384 e. The minimum atomic E-state index is -0.381. The van der Waals surface area contributed by atoms with Crippen molar-refractivity contribution in [2.24, 2.45) is 12.5 Å². The zero-order valence-corrected chi connectivity index (χ0v) is 18.5. The molecule has 1 N–H and O–H groups in total. The van der Waals surface area contributed by atoms with Gasteiger partial charge in [-0.05, 0) is 25.9 Å². The Morgan fingerprint density at radius 2 is 1.86 bits per heavy atom. The van der Waals surface area contributed by atoms with Gasteiger partial charge in [0.25, 0.3) is 0 Å². The van der Waals surface area contributed by atoms with Gasteiger partial charge in [-0.1, -0.05) is 0 Å². The summed E-state index contributed by atoms with van der Waals surface area (Å²) < 4.78 is 7.18. The number of piperidine rings is 1. The number of carbonyl (C=O) groups is 1. The van der Waals surface area contributed by atoms with E-state index in [0.717, 1.165) is 55.9 Å². The third-order valence-electron chi connectivity index (χ3n) is 5.81. The molecule has 29 heavy (non-hydrogen) atoms. The van der Waals surface area contributed by atoms with Crippen LogP contribution in [0.25, 0.3) is 11.0 Å². The van der Waals surface area contributed by atoms with E-state index in [1.807, 2.05) is 18.1 Å². The van der Waals surface area contributed by atoms with Gasteiger partial charge in [0.2, 0.25) is 5.91 Å². The average molecular weight is 446 g/mol. The van der Waals surface area contributed by atoms with E-state index in [9.17, 15) is 4.79 Å². The fraction of sp³-hybridized carbons (Fsp3) is 0.667. The molecule has 2 aliphatic heterocycles. The second-order valence-corrected chi connectivity index (χ2v) is 7.45. The lowest BCUT2D eigenvalue weighted by atomic mass is 9.78. The molecule has 2 aromatic rings. The number of aryl methyl sites for hydroxylation is 1. The third-order valence-corrected chi connectivity index (χ3v) is 5.81. The van der Waals surface area contributed by atoms with E-state index < -0.39 is 0 Å². The minimum absolute atomic E-state index is 0. The van der Waals surface area contributed by atoms with Crippen LogP contribution in [0.3, 0.4) is 0 Å². The molecule has 1 amide bonds. The van der Waals surface area contributed by atoms with Crippen LogP contribution in [0.2, 0.25) is 0 Å². The molecule has 0 bridgehead atoms. The van der Waals surface area contributed by atoms with Gasteiger partial charge < -0.3 is 19.9 Å². The van der Waals surface area contributed by atoms with Gasteiger partial charge in [-0.15, -0.1) is 24.8 Å². The Morgan fingerprint density at radius 3 is 2.52 bits per heavy atom. The van der Waals surface area contributed by atoms with E-state index in [0.29, 0.717) is 19.7 Å². The lowest BCUT2D eigenvalue weighted by Crippen LogP contribution is -2.56. The van der Waals surface area contributed by atoms with Crippen LogP contribution in [0, 0.1) is 5.41 Å². The first-order valence-electron chi connectivity index (χ1n) is 9.51. The van der Waals surface area contributed by atoms with Crippen molar-refractivity contribution in [2.45, 2.75) is 12.8 Å². The molecule has 0 spiro atoms. The highest BCUT2D eigenvalue weighted by Gasteiger charge is 2.42. The monoisotopic (exact) mass is 445 g/mol. The highest BCUT2D eigenvalue weighted by molar-refractivity contribution is 5.87. The van der Waals surface area contributed by atoms with Gasteiger partial charge >= 0.3 is 0 Å². The average Bonchev–Trinajstić information content (AvgIpc) is 3.10. The topological polar surface area (TPSA) is 88.4 Å². The van der Waals surface area contributed by atoms with Crippen LogP contribution in [0.4, 0.5) is 5.82 Å². The lowest BCUT2D eigenvalue weighted by molar-refractivity contribution is -0.147. The van der Waals surface area contributed by atoms with Crippen molar-refractivity contribution in [2.75, 3.05) is 57.9 Å². The number of amides is 1. The maximum atomic E-state index is 13.3. The number of fused-ring (bicyclic) bond motifs is 1. The Morgan fingerprint density at radius 1 is 1.17 bits per heavy atom. The van der Waals surface area contributed by atoms with Crippen molar-refractivity contribution in [1.29, 1.82) is 0 Å². The molecule has 2 fully saturated rings. The van der Waals surface area contributed by atoms with Gasteiger partial charge in [0.05, 0.1) is 23.6 Å². The number of nitrogens with zero attached hydrogens (tertiary/aromatic N) is 6. The van der Waals surface area contributed by atoms with Crippen LogP contribution in [-0.4, -0.2) is 83.5 Å². The summed E-state index contributed by atoms with van der Waals surface area (Å²) in [6, 6.07) is 0. The first-order chi connectivity index (χ1) is 13.1. The van der Waals surface area contributed by atoms with E-state index in [4.69, 9.17) is 4.74 Å². The number of hydrogen-bond acceptors (Lipinski definition) is 7. The molecule has 4 heterocycles. The maximum absolute atomic E-state index is 13.3. The summed E-state index contributed by atoms with van der Waals surface area (Å²) in [4.78, 5) is 26.3. The second-order valence-electron chi connectivity index (χ2n) is 7.45. The second kappa shape index (κ2) is 9.88. The van der Waals surface area contributed by atoms with Crippen LogP contribution in [0.1, 0.15) is 12.8 Å². The molecule has 0 atom stereocenters. The van der Waals surface area contributed by atoms with E-state index in [-0.39, 0.29) is 36.1 Å². The van der Waals surface area contributed by atoms with Crippen molar-refractivity contribution < 1.29 is 9.53 Å². The number of aromatic nitrogens is 4. The Hall–Kier alpha value is -1.68. The molecule has 0 aliphatic carbocycles. The summed E-state index contributed by atoms with van der Waals surface area (Å²) in [5, 5.41) is 8.59. The summed E-state index contributed by atoms with van der Waals surface area (Å²) in [6.07, 6.45) is 5.06. The zero-order valence-electron chi connectivity index (χ0n) is 16.8. The van der Waals surface area contributed by atoms with Crippen molar-refractivity contribution in [1.82, 2.24) is 30.0 Å². The van der Waals surface area contributed by atoms with E-state index in [1.165, 1.54) is 0 Å². The van der Waals surface area contributed by atoms with Gasteiger partial charge in [-0.3, -0.25) is 9.48 Å². The number of methoxy groups -OCH3 is 1. The SMILES string of the molecule is COCC1(C(=O)N2CCN(c3ncnc4c3cnn4C)CC2)CCNCC1.Cl.Cl. The number of anilines is 1. The molecule has 2 aromatic heterocycles. The zero-order chi connectivity index (χ0) is 18.9. The van der Waals surface area contributed by atoms with E-state index in [2.05, 4.69) is 25.3 Å². The van der Waals surface area contributed by atoms with Gasteiger partial charge in [0.15, 0.2) is 5.65 Å². The Kier molecular flexibility index (Phi) is 8.04. The van der Waals surface area contributed by atoms with Crippen LogP contribution in [0.15, 0.2) is 12.5 Å². The third kappa shape index (κ3) is 4.42. The summed E-state index contributed by atoms with van der Waals surface area (Å²) in [6.45, 7) is 5.15. The summed E-state index contributed by atoms with van der Waals surface area (Å²) in [7, 11) is 3.56. The molecule has 2 saturated heterocycles. The number of ether oxygens (including phenoxy) is 1. The number of carbonyl (C=O) groups excluding carboxylic acids is 1. The molecule has 4 rings (SSSR count). The molecule has 0 unspecified atom stereocenters. The number of piperazine rings is 1. The molecular weight excluding hydrogens is 417 g/mol. The van der Waals surface area contributed by atoms with Gasteiger partial charge in [-0.2, -0.15) is 5.10 Å². The van der Waals surface area contributed by atoms with Crippen molar-refractivity contribution >= 4 is 47.6 Å². The Bertz CT molecular complexity index is 812. The Balaban J connectivity index is 0.00000150. The fourth-order valence-electron chi connectivity index (χ4n) is 4.26. The van der Waals surface area contributed by atoms with Gasteiger partial charge in [0, 0.05) is 40.3 Å². The first-order valence-corrected chi connectivity index (χ1v) is 9.51. The van der Waals surface area contributed by atoms with Crippen molar-refractivity contribution in [3.8, 4) is 0 Å². The van der Waals surface area contributed by atoms with E-state index in [1.54, 1.807) is 18.1 Å². The predicted molar refractivity (Wildman–Crippen MR) is 116 cm³/mol. The molecule has 0 aromatic carbocycles. The van der Waals surface area contributed by atoms with Crippen LogP contribution >= 0.6 is 24.8 Å². The normalized spacial score (nSPS) is 18.8. The molecule has 11 heteroatoms. The number of halogens is 2. The summed E-state index contributed by atoms with van der Waals surface area (Å²) in [5.41, 5.74) is 0.445. The number of rotatable bonds is 4. The highest BCUT2D eigenvalue weighted by atomic mass is 35.5. The molecule has 0 radical (unpaired) electrons. The van der Waals surface area contributed by atoms with Crippen LogP contribution in [0.5, 0.6) is 0 Å². The standard InChI is InChI=1S/C18H27N7O2.2ClH/c1-23-15-14(11-22-23)16(21-13-20-15)24-7-9-25(10-8-24)17(26)18(12-27-2)3-5-19-6-4-18;;/h11,13,19H,3-10,12H2,1-2H3;2*1H. The minimum Gasteiger partial charge on any atom is -0.384 e. The predicted octanol–water partition coefficient (Wildman–Crippen LogP) is 0.872. The van der Waals surface area contributed by atoms with Gasteiger partial charge in [0.1, 0.15) is 12.1 Å². The number of nitrogens with one attached hydrogen (secondary N) is 1. The lowest BCUT2D eigenvalue weighted by Gasteiger charge is -2.43. The maximum Gasteiger partial charge on any atom is 0.231 e. The number of hydrogen-bond donors (Lipinski definition) is 1. The van der Waals surface area contributed by atoms with Crippen LogP contribution in [-0.2, 0) is 16.6 Å². The molecule has 162 valence electrons. The first kappa shape index (κ1) is 23.6. The summed E-state index contributed by atoms with van der Waals surface area (Å²) >= 11 is 0.